The molecule has 2 rings (SSSR count). The van der Waals surface area contributed by atoms with Gasteiger partial charge in [0.25, 0.3) is 11.8 Å². The third-order valence-corrected chi connectivity index (χ3v) is 3.67. The van der Waals surface area contributed by atoms with E-state index in [1.54, 1.807) is 18.2 Å². The minimum Gasteiger partial charge on any atom is -0.506 e. The highest BCUT2D eigenvalue weighted by molar-refractivity contribution is 9.11. The first-order valence-electron chi connectivity index (χ1n) is 6.29. The van der Waals surface area contributed by atoms with E-state index in [0.717, 1.165) is 4.47 Å². The first-order valence-corrected chi connectivity index (χ1v) is 7.87. The SMILES string of the molecule is O=C(CNC(=O)c1ccco1)N/N=C/c1cc(Br)cc(Br)c1O. The fraction of sp³-hybridized carbons (Fsp3) is 0.0714. The summed E-state index contributed by atoms with van der Waals surface area (Å²) in [5, 5.41) is 15.9. The van der Waals surface area contributed by atoms with Crippen LogP contribution in [0.2, 0.25) is 0 Å². The third-order valence-electron chi connectivity index (χ3n) is 2.61. The van der Waals surface area contributed by atoms with Crippen molar-refractivity contribution in [2.24, 2.45) is 5.10 Å². The topological polar surface area (TPSA) is 104 Å². The van der Waals surface area contributed by atoms with Gasteiger partial charge in [0.05, 0.1) is 23.5 Å². The molecule has 1 heterocycles. The molecule has 0 aliphatic carbocycles. The van der Waals surface area contributed by atoms with Gasteiger partial charge in [-0.1, -0.05) is 15.9 Å². The van der Waals surface area contributed by atoms with Crippen LogP contribution in [0.1, 0.15) is 16.1 Å². The van der Waals surface area contributed by atoms with Crippen molar-refractivity contribution in [2.45, 2.75) is 0 Å². The lowest BCUT2D eigenvalue weighted by Gasteiger charge is -2.04. The Morgan fingerprint density at radius 2 is 2.13 bits per heavy atom. The highest BCUT2D eigenvalue weighted by Crippen LogP contribution is 2.30. The lowest BCUT2D eigenvalue weighted by atomic mass is 10.2. The number of hydrogen-bond acceptors (Lipinski definition) is 5. The quantitative estimate of drug-likeness (QED) is 0.486. The molecule has 0 fully saturated rings. The summed E-state index contributed by atoms with van der Waals surface area (Å²) in [6.07, 6.45) is 2.65. The number of hydrazone groups is 1. The minimum atomic E-state index is -0.519. The number of furan rings is 1. The fourth-order valence-corrected chi connectivity index (χ4v) is 2.81. The summed E-state index contributed by atoms with van der Waals surface area (Å²) >= 11 is 6.47. The van der Waals surface area contributed by atoms with Crippen LogP contribution in [0.15, 0.2) is 49.0 Å². The molecular formula is C14H11Br2N3O4. The van der Waals surface area contributed by atoms with E-state index in [0.29, 0.717) is 10.0 Å². The van der Waals surface area contributed by atoms with E-state index in [4.69, 9.17) is 4.42 Å². The predicted molar refractivity (Wildman–Crippen MR) is 90.3 cm³/mol. The molecule has 9 heteroatoms. The second-order valence-electron chi connectivity index (χ2n) is 4.28. The zero-order valence-electron chi connectivity index (χ0n) is 11.5. The molecule has 2 aromatic rings. The fourth-order valence-electron chi connectivity index (χ4n) is 1.55. The lowest BCUT2D eigenvalue weighted by molar-refractivity contribution is -0.120. The molecule has 0 bridgehead atoms. The summed E-state index contributed by atoms with van der Waals surface area (Å²) < 4.78 is 6.12. The molecular weight excluding hydrogens is 434 g/mol. The Morgan fingerprint density at radius 3 is 2.83 bits per heavy atom. The summed E-state index contributed by atoms with van der Waals surface area (Å²) in [6.45, 7) is -0.259. The molecule has 120 valence electrons. The van der Waals surface area contributed by atoms with Crippen LogP contribution >= 0.6 is 31.9 Å². The van der Waals surface area contributed by atoms with Crippen LogP contribution < -0.4 is 10.7 Å². The Hall–Kier alpha value is -2.13. The number of nitrogens with zero attached hydrogens (tertiary/aromatic N) is 1. The Labute approximate surface area is 148 Å². The van der Waals surface area contributed by atoms with E-state index in [-0.39, 0.29) is 18.1 Å². The molecule has 0 aliphatic rings. The molecule has 23 heavy (non-hydrogen) atoms. The van der Waals surface area contributed by atoms with Crippen molar-refractivity contribution in [3.8, 4) is 5.75 Å². The van der Waals surface area contributed by atoms with E-state index in [1.807, 2.05) is 0 Å². The Balaban J connectivity index is 1.86. The number of rotatable bonds is 5. The zero-order valence-corrected chi connectivity index (χ0v) is 14.7. The van der Waals surface area contributed by atoms with Crippen LogP contribution in [0, 0.1) is 0 Å². The Bertz CT molecular complexity index is 745. The normalized spacial score (nSPS) is 10.7. The van der Waals surface area contributed by atoms with Gasteiger partial charge in [-0.15, -0.1) is 0 Å². The molecule has 1 aromatic carbocycles. The van der Waals surface area contributed by atoms with E-state index < -0.39 is 11.8 Å². The Kier molecular flexibility index (Phi) is 5.94. The summed E-state index contributed by atoms with van der Waals surface area (Å²) in [6, 6.07) is 6.37. The molecule has 3 N–H and O–H groups in total. The number of phenols is 1. The maximum absolute atomic E-state index is 11.6. The average Bonchev–Trinajstić information content (AvgIpc) is 3.04. The maximum atomic E-state index is 11.6. The standard InChI is InChI=1S/C14H11Br2N3O4/c15-9-4-8(13(21)10(16)5-9)6-18-19-12(20)7-17-14(22)11-2-1-3-23-11/h1-6,21H,7H2,(H,17,22)(H,19,20)/b18-6+. The summed E-state index contributed by atoms with van der Waals surface area (Å²) in [5.74, 6) is -0.903. The van der Waals surface area contributed by atoms with Crippen molar-refractivity contribution in [3.05, 3.63) is 50.8 Å². The van der Waals surface area contributed by atoms with Gasteiger partial charge >= 0.3 is 0 Å². The van der Waals surface area contributed by atoms with Crippen molar-refractivity contribution in [3.63, 3.8) is 0 Å². The highest BCUT2D eigenvalue weighted by atomic mass is 79.9. The molecule has 0 saturated heterocycles. The number of benzene rings is 1. The van der Waals surface area contributed by atoms with Gasteiger partial charge in [-0.25, -0.2) is 5.43 Å². The largest absolute Gasteiger partial charge is 0.506 e. The molecule has 0 saturated carbocycles. The van der Waals surface area contributed by atoms with E-state index in [1.165, 1.54) is 18.5 Å². The number of phenolic OH excluding ortho intramolecular Hbond substituents is 1. The molecule has 1 aromatic heterocycles. The number of nitrogens with one attached hydrogen (secondary N) is 2. The van der Waals surface area contributed by atoms with Crippen molar-refractivity contribution < 1.29 is 19.1 Å². The van der Waals surface area contributed by atoms with Gasteiger partial charge in [0, 0.05) is 10.0 Å². The summed E-state index contributed by atoms with van der Waals surface area (Å²) in [5.41, 5.74) is 2.65. The lowest BCUT2D eigenvalue weighted by Crippen LogP contribution is -2.34. The van der Waals surface area contributed by atoms with Crippen molar-refractivity contribution in [1.29, 1.82) is 0 Å². The van der Waals surface area contributed by atoms with Gasteiger partial charge in [-0.3, -0.25) is 9.59 Å². The van der Waals surface area contributed by atoms with E-state index in [2.05, 4.69) is 47.7 Å². The molecule has 7 nitrogen and oxygen atoms in total. The van der Waals surface area contributed by atoms with Gasteiger partial charge in [-0.05, 0) is 40.2 Å². The van der Waals surface area contributed by atoms with Gasteiger partial charge in [0.2, 0.25) is 0 Å². The van der Waals surface area contributed by atoms with Crippen LogP contribution in [-0.2, 0) is 4.79 Å². The number of aromatic hydroxyl groups is 1. The van der Waals surface area contributed by atoms with Gasteiger partial charge in [0.1, 0.15) is 5.75 Å². The van der Waals surface area contributed by atoms with Gasteiger partial charge in [-0.2, -0.15) is 5.10 Å². The Morgan fingerprint density at radius 1 is 1.35 bits per heavy atom. The molecule has 0 radical (unpaired) electrons. The molecule has 0 spiro atoms. The second kappa shape index (κ2) is 7.93. The predicted octanol–water partition coefficient (Wildman–Crippen LogP) is 2.39. The average molecular weight is 445 g/mol. The smallest absolute Gasteiger partial charge is 0.287 e. The van der Waals surface area contributed by atoms with Crippen LogP contribution in [0.5, 0.6) is 5.75 Å². The monoisotopic (exact) mass is 443 g/mol. The first-order chi connectivity index (χ1) is 11.0. The third kappa shape index (κ3) is 4.93. The maximum Gasteiger partial charge on any atom is 0.287 e. The van der Waals surface area contributed by atoms with E-state index >= 15 is 0 Å². The molecule has 0 atom stereocenters. The van der Waals surface area contributed by atoms with Crippen LogP contribution in [0.3, 0.4) is 0 Å². The van der Waals surface area contributed by atoms with Crippen LogP contribution in [0.4, 0.5) is 0 Å². The second-order valence-corrected chi connectivity index (χ2v) is 6.05. The summed E-state index contributed by atoms with van der Waals surface area (Å²) in [4.78, 5) is 23.1. The highest BCUT2D eigenvalue weighted by Gasteiger charge is 2.10. The van der Waals surface area contributed by atoms with Crippen molar-refractivity contribution in [1.82, 2.24) is 10.7 Å². The number of carbonyl (C=O) groups excluding carboxylic acids is 2. The van der Waals surface area contributed by atoms with Gasteiger partial charge in [0.15, 0.2) is 5.76 Å². The zero-order chi connectivity index (χ0) is 16.8. The van der Waals surface area contributed by atoms with Crippen LogP contribution in [0.25, 0.3) is 0 Å². The van der Waals surface area contributed by atoms with Crippen molar-refractivity contribution in [2.75, 3.05) is 6.54 Å². The van der Waals surface area contributed by atoms with Gasteiger partial charge < -0.3 is 14.8 Å². The minimum absolute atomic E-state index is 0.00248. The molecule has 0 aliphatic heterocycles. The summed E-state index contributed by atoms with van der Waals surface area (Å²) in [7, 11) is 0. The molecule has 0 unspecified atom stereocenters. The number of carbonyl (C=O) groups is 2. The first kappa shape index (κ1) is 17.2. The van der Waals surface area contributed by atoms with Crippen molar-refractivity contribution >= 4 is 49.9 Å². The van der Waals surface area contributed by atoms with Crippen LogP contribution in [-0.4, -0.2) is 29.7 Å². The number of halogens is 2. The van der Waals surface area contributed by atoms with E-state index in [9.17, 15) is 14.7 Å². The number of amides is 2. The molecule has 2 amide bonds. The number of hydrogen-bond donors (Lipinski definition) is 3.